The number of fused-ring (bicyclic) bond motifs is 1. The van der Waals surface area contributed by atoms with Gasteiger partial charge in [-0.25, -0.2) is 9.37 Å². The van der Waals surface area contributed by atoms with Gasteiger partial charge in [-0.2, -0.15) is 0 Å². The number of hydrogen-bond donors (Lipinski definition) is 2. The van der Waals surface area contributed by atoms with Gasteiger partial charge in [0, 0.05) is 37.5 Å². The van der Waals surface area contributed by atoms with Crippen molar-refractivity contribution in [2.45, 2.75) is 89.3 Å². The highest BCUT2D eigenvalue weighted by atomic mass is 19.1. The molecule has 2 N–H and O–H groups in total. The van der Waals surface area contributed by atoms with Gasteiger partial charge >= 0.3 is 5.97 Å². The molecule has 4 rings (SSSR count). The normalized spacial score (nSPS) is 20.2. The van der Waals surface area contributed by atoms with E-state index in [4.69, 9.17) is 9.47 Å². The number of anilines is 1. The molecule has 8 heteroatoms. The van der Waals surface area contributed by atoms with Gasteiger partial charge in [0.05, 0.1) is 13.2 Å². The van der Waals surface area contributed by atoms with E-state index >= 15 is 0 Å². The summed E-state index contributed by atoms with van der Waals surface area (Å²) in [5.74, 6) is -0.395. The lowest BCUT2D eigenvalue weighted by Gasteiger charge is -2.27. The average Bonchev–Trinajstić information content (AvgIpc) is 3.35. The first-order valence-corrected chi connectivity index (χ1v) is 14.0. The van der Waals surface area contributed by atoms with Crippen molar-refractivity contribution in [3.8, 4) is 5.75 Å². The quantitative estimate of drug-likeness (QED) is 0.312. The molecule has 0 saturated carbocycles. The number of unbranched alkanes of at least 4 members (excludes halogenated alkanes) is 3. The van der Waals surface area contributed by atoms with E-state index in [-0.39, 0.29) is 17.8 Å². The van der Waals surface area contributed by atoms with Gasteiger partial charge in [-0.1, -0.05) is 39.2 Å². The highest BCUT2D eigenvalue weighted by Gasteiger charge is 2.36. The number of likely N-dealkylation sites (tertiary alicyclic amines) is 1. The largest absolute Gasteiger partial charge is 0.493 e. The van der Waals surface area contributed by atoms with Gasteiger partial charge in [-0.15, -0.1) is 0 Å². The average molecular weight is 528 g/mol. The summed E-state index contributed by atoms with van der Waals surface area (Å²) in [4.78, 5) is 18.7. The standard InChI is InChI=1S/C30H42FN3O4/c1-20(2)22-17-25(28(37-3)26(31)18-22)27(30(35)36)34-15-13-24(19-34)38-16-7-5-4-6-10-23-12-11-21-9-8-14-32-29(21)33-23/h8-9,14,17-18,20,23-24,27H,4-7,10-13,15-16,19H2,1-3H3,(H,32,33)(H,35,36)/t23-,24+,27+/m0/s1. The Morgan fingerprint density at radius 3 is 2.82 bits per heavy atom. The number of aromatic nitrogens is 1. The number of carboxylic acid groups (broad SMARTS) is 1. The molecule has 0 amide bonds. The molecule has 208 valence electrons. The number of methoxy groups -OCH3 is 1. The van der Waals surface area contributed by atoms with Gasteiger partial charge in [0.15, 0.2) is 11.6 Å². The fourth-order valence-electron chi connectivity index (χ4n) is 5.68. The number of nitrogens with zero attached hydrogens (tertiary/aromatic N) is 2. The third-order valence-corrected chi connectivity index (χ3v) is 7.83. The minimum Gasteiger partial charge on any atom is -0.493 e. The minimum absolute atomic E-state index is 0.00932. The molecular formula is C30H42FN3O4. The van der Waals surface area contributed by atoms with Crippen molar-refractivity contribution in [1.29, 1.82) is 0 Å². The molecule has 1 aromatic carbocycles. The second kappa shape index (κ2) is 13.4. The van der Waals surface area contributed by atoms with Crippen LogP contribution in [0.4, 0.5) is 10.2 Å². The topological polar surface area (TPSA) is 83.9 Å². The van der Waals surface area contributed by atoms with Crippen molar-refractivity contribution in [1.82, 2.24) is 9.88 Å². The zero-order valence-electron chi connectivity index (χ0n) is 22.9. The Labute approximate surface area is 225 Å². The molecule has 1 saturated heterocycles. The van der Waals surface area contributed by atoms with E-state index in [9.17, 15) is 14.3 Å². The lowest BCUT2D eigenvalue weighted by molar-refractivity contribution is -0.143. The highest BCUT2D eigenvalue weighted by molar-refractivity contribution is 5.77. The van der Waals surface area contributed by atoms with Crippen LogP contribution in [-0.4, -0.2) is 59.9 Å². The molecule has 1 fully saturated rings. The zero-order valence-corrected chi connectivity index (χ0v) is 22.9. The molecule has 3 atom stereocenters. The first kappa shape index (κ1) is 28.3. The van der Waals surface area contributed by atoms with E-state index in [2.05, 4.69) is 16.4 Å². The van der Waals surface area contributed by atoms with E-state index in [1.54, 1.807) is 6.07 Å². The molecule has 7 nitrogen and oxygen atoms in total. The third kappa shape index (κ3) is 7.03. The zero-order chi connectivity index (χ0) is 27.1. The molecule has 0 radical (unpaired) electrons. The Kier molecular flexibility index (Phi) is 9.97. The van der Waals surface area contributed by atoms with Gasteiger partial charge in [0.1, 0.15) is 11.9 Å². The van der Waals surface area contributed by atoms with E-state index < -0.39 is 17.8 Å². The minimum atomic E-state index is -1.00. The Morgan fingerprint density at radius 2 is 2.05 bits per heavy atom. The van der Waals surface area contributed by atoms with E-state index in [1.807, 2.05) is 31.0 Å². The number of carbonyl (C=O) groups is 1. The molecule has 3 heterocycles. The van der Waals surface area contributed by atoms with Gasteiger partial charge in [-0.3, -0.25) is 9.69 Å². The smallest absolute Gasteiger partial charge is 0.325 e. The third-order valence-electron chi connectivity index (χ3n) is 7.83. The van der Waals surface area contributed by atoms with Crippen LogP contribution in [0.3, 0.4) is 0 Å². The Bertz CT molecular complexity index is 1080. The Morgan fingerprint density at radius 1 is 1.24 bits per heavy atom. The number of ether oxygens (including phenoxy) is 2. The summed E-state index contributed by atoms with van der Waals surface area (Å²) in [5.41, 5.74) is 2.45. The number of nitrogens with one attached hydrogen (secondary N) is 1. The van der Waals surface area contributed by atoms with Crippen molar-refractivity contribution in [3.05, 3.63) is 53.0 Å². The number of aryl methyl sites for hydroxylation is 1. The van der Waals surface area contributed by atoms with Crippen molar-refractivity contribution < 1.29 is 23.8 Å². The lowest BCUT2D eigenvalue weighted by atomic mass is 9.95. The highest BCUT2D eigenvalue weighted by Crippen LogP contribution is 2.37. The fourth-order valence-corrected chi connectivity index (χ4v) is 5.68. The summed E-state index contributed by atoms with van der Waals surface area (Å²) in [6.07, 6.45) is 10.5. The summed E-state index contributed by atoms with van der Waals surface area (Å²) >= 11 is 0. The van der Waals surface area contributed by atoms with Gasteiger partial charge in [0.2, 0.25) is 0 Å². The van der Waals surface area contributed by atoms with Crippen LogP contribution in [-0.2, 0) is 16.0 Å². The summed E-state index contributed by atoms with van der Waals surface area (Å²) in [5, 5.41) is 13.7. The van der Waals surface area contributed by atoms with Crippen molar-refractivity contribution in [2.75, 3.05) is 32.1 Å². The molecule has 38 heavy (non-hydrogen) atoms. The van der Waals surface area contributed by atoms with E-state index in [0.29, 0.717) is 31.3 Å². The maximum atomic E-state index is 14.8. The number of hydrogen-bond acceptors (Lipinski definition) is 6. The van der Waals surface area contributed by atoms with Crippen molar-refractivity contribution in [3.63, 3.8) is 0 Å². The van der Waals surface area contributed by atoms with Crippen LogP contribution in [0, 0.1) is 5.82 Å². The van der Waals surface area contributed by atoms with Crippen LogP contribution in [0.15, 0.2) is 30.5 Å². The maximum absolute atomic E-state index is 14.8. The van der Waals surface area contributed by atoms with Crippen LogP contribution < -0.4 is 10.1 Å². The second-order valence-corrected chi connectivity index (χ2v) is 10.9. The molecule has 0 spiro atoms. The molecule has 1 aromatic heterocycles. The summed E-state index contributed by atoms with van der Waals surface area (Å²) < 4.78 is 26.2. The van der Waals surface area contributed by atoms with Gasteiger partial charge < -0.3 is 19.9 Å². The predicted molar refractivity (Wildman–Crippen MR) is 146 cm³/mol. The first-order valence-electron chi connectivity index (χ1n) is 14.0. The van der Waals surface area contributed by atoms with Crippen molar-refractivity contribution in [2.24, 2.45) is 0 Å². The van der Waals surface area contributed by atoms with Gasteiger partial charge in [-0.05, 0) is 67.3 Å². The Hall–Kier alpha value is -2.71. The Balaban J connectivity index is 1.19. The van der Waals surface area contributed by atoms with Crippen LogP contribution >= 0.6 is 0 Å². The number of halogens is 1. The van der Waals surface area contributed by atoms with Crippen LogP contribution in [0.5, 0.6) is 5.75 Å². The number of benzene rings is 1. The number of carboxylic acids is 1. The van der Waals surface area contributed by atoms with Crippen LogP contribution in [0.1, 0.15) is 87.4 Å². The summed E-state index contributed by atoms with van der Waals surface area (Å²) in [6.45, 7) is 5.70. The maximum Gasteiger partial charge on any atom is 0.325 e. The van der Waals surface area contributed by atoms with E-state index in [1.165, 1.54) is 31.6 Å². The van der Waals surface area contributed by atoms with Crippen LogP contribution in [0.25, 0.3) is 0 Å². The van der Waals surface area contributed by atoms with E-state index in [0.717, 1.165) is 49.9 Å². The fraction of sp³-hybridized carbons (Fsp3) is 0.600. The summed E-state index contributed by atoms with van der Waals surface area (Å²) in [6, 6.07) is 6.90. The number of pyridine rings is 1. The SMILES string of the molecule is COc1c(F)cc(C(C)C)cc1[C@H](C(=O)O)N1CC[C@@H](OCCCCCC[C@H]2CCc3cccnc3N2)C1. The lowest BCUT2D eigenvalue weighted by Crippen LogP contribution is -2.34. The molecule has 2 aromatic rings. The monoisotopic (exact) mass is 527 g/mol. The molecule has 0 bridgehead atoms. The molecular weight excluding hydrogens is 485 g/mol. The molecule has 0 unspecified atom stereocenters. The summed E-state index contributed by atoms with van der Waals surface area (Å²) in [7, 11) is 1.38. The first-order chi connectivity index (χ1) is 18.4. The number of aliphatic carboxylic acids is 1. The second-order valence-electron chi connectivity index (χ2n) is 10.9. The molecule has 2 aliphatic rings. The molecule has 0 aliphatic carbocycles. The number of rotatable bonds is 13. The van der Waals surface area contributed by atoms with Gasteiger partial charge in [0.25, 0.3) is 0 Å². The van der Waals surface area contributed by atoms with Crippen LogP contribution in [0.2, 0.25) is 0 Å². The predicted octanol–water partition coefficient (Wildman–Crippen LogP) is 5.95. The molecule has 2 aliphatic heterocycles. The van der Waals surface area contributed by atoms with Crippen molar-refractivity contribution >= 4 is 11.8 Å².